The van der Waals surface area contributed by atoms with Gasteiger partial charge < -0.3 is 11.1 Å². The maximum absolute atomic E-state index is 12.2. The predicted molar refractivity (Wildman–Crippen MR) is 81.0 cm³/mol. The molecule has 0 radical (unpaired) electrons. The molecule has 1 amide bonds. The van der Waals surface area contributed by atoms with Gasteiger partial charge in [-0.3, -0.25) is 14.9 Å². The molecule has 0 aliphatic heterocycles. The summed E-state index contributed by atoms with van der Waals surface area (Å²) in [4.78, 5) is 22.5. The van der Waals surface area contributed by atoms with Gasteiger partial charge in [-0.2, -0.15) is 0 Å². The summed E-state index contributed by atoms with van der Waals surface area (Å²) in [6, 6.07) is 4.28. The van der Waals surface area contributed by atoms with Gasteiger partial charge in [0, 0.05) is 17.7 Å². The topological polar surface area (TPSA) is 98.3 Å². The fourth-order valence-corrected chi connectivity index (χ4v) is 2.93. The molecule has 21 heavy (non-hydrogen) atoms. The molecule has 1 aromatic carbocycles. The summed E-state index contributed by atoms with van der Waals surface area (Å²) in [5.74, 6) is -0.277. The second-order valence-electron chi connectivity index (χ2n) is 6.46. The van der Waals surface area contributed by atoms with E-state index in [0.717, 1.165) is 25.7 Å². The summed E-state index contributed by atoms with van der Waals surface area (Å²) in [6.45, 7) is 4.39. The summed E-state index contributed by atoms with van der Waals surface area (Å²) in [5, 5.41) is 13.8. The Balaban J connectivity index is 2.10. The Kier molecular flexibility index (Phi) is 4.16. The molecule has 1 saturated carbocycles. The lowest BCUT2D eigenvalue weighted by Crippen LogP contribution is -2.40. The van der Waals surface area contributed by atoms with Crippen molar-refractivity contribution in [3.8, 4) is 0 Å². The predicted octanol–water partition coefficient (Wildman–Crippen LogP) is 2.88. The maximum atomic E-state index is 12.2. The number of rotatable bonds is 3. The number of nitrogens with one attached hydrogen (secondary N) is 1. The number of anilines is 1. The summed E-state index contributed by atoms with van der Waals surface area (Å²) in [7, 11) is 0. The van der Waals surface area contributed by atoms with Crippen LogP contribution in [0.4, 0.5) is 11.4 Å². The Morgan fingerprint density at radius 3 is 2.81 bits per heavy atom. The van der Waals surface area contributed by atoms with Crippen LogP contribution in [0.3, 0.4) is 0 Å². The van der Waals surface area contributed by atoms with Crippen LogP contribution in [0.2, 0.25) is 0 Å². The number of nitrogen functional groups attached to an aromatic ring is 1. The average molecular weight is 291 g/mol. The van der Waals surface area contributed by atoms with E-state index in [9.17, 15) is 14.9 Å². The van der Waals surface area contributed by atoms with Gasteiger partial charge >= 0.3 is 0 Å². The lowest BCUT2D eigenvalue weighted by Gasteiger charge is -2.35. The molecule has 1 aromatic rings. The first kappa shape index (κ1) is 15.3. The molecule has 2 rings (SSSR count). The number of nitro groups is 1. The van der Waals surface area contributed by atoms with Crippen molar-refractivity contribution in [2.24, 2.45) is 5.41 Å². The van der Waals surface area contributed by atoms with E-state index in [1.165, 1.54) is 18.2 Å². The second kappa shape index (κ2) is 5.71. The van der Waals surface area contributed by atoms with Crippen LogP contribution in [-0.2, 0) is 0 Å². The Bertz CT molecular complexity index is 569. The number of benzene rings is 1. The molecule has 114 valence electrons. The number of hydrogen-bond donors (Lipinski definition) is 2. The third-order valence-electron chi connectivity index (χ3n) is 4.03. The van der Waals surface area contributed by atoms with Gasteiger partial charge in [0.15, 0.2) is 0 Å². The van der Waals surface area contributed by atoms with E-state index in [1.807, 2.05) is 0 Å². The largest absolute Gasteiger partial charge is 0.393 e. The molecule has 1 fully saturated rings. The Labute approximate surface area is 123 Å². The van der Waals surface area contributed by atoms with Crippen molar-refractivity contribution in [2.45, 2.75) is 45.6 Å². The zero-order valence-electron chi connectivity index (χ0n) is 12.4. The molecule has 1 aliphatic carbocycles. The van der Waals surface area contributed by atoms with E-state index in [0.29, 0.717) is 0 Å². The Hall–Kier alpha value is -2.11. The fourth-order valence-electron chi connectivity index (χ4n) is 2.93. The van der Waals surface area contributed by atoms with Gasteiger partial charge in [-0.1, -0.05) is 20.3 Å². The lowest BCUT2D eigenvalue weighted by atomic mass is 9.75. The highest BCUT2D eigenvalue weighted by Crippen LogP contribution is 2.35. The first-order valence-electron chi connectivity index (χ1n) is 7.13. The van der Waals surface area contributed by atoms with Crippen LogP contribution in [0.1, 0.15) is 49.9 Å². The van der Waals surface area contributed by atoms with Crippen molar-refractivity contribution in [2.75, 3.05) is 5.73 Å². The number of hydrogen-bond acceptors (Lipinski definition) is 4. The first-order chi connectivity index (χ1) is 9.78. The van der Waals surface area contributed by atoms with Crippen molar-refractivity contribution >= 4 is 17.3 Å². The number of carbonyl (C=O) groups is 1. The molecule has 0 heterocycles. The third-order valence-corrected chi connectivity index (χ3v) is 4.03. The quantitative estimate of drug-likeness (QED) is 0.508. The molecular formula is C15H21N3O3. The molecule has 3 N–H and O–H groups in total. The Morgan fingerprint density at radius 1 is 1.48 bits per heavy atom. The van der Waals surface area contributed by atoms with E-state index >= 15 is 0 Å². The second-order valence-corrected chi connectivity index (χ2v) is 6.46. The van der Waals surface area contributed by atoms with E-state index in [4.69, 9.17) is 5.73 Å². The van der Waals surface area contributed by atoms with Gasteiger partial charge in [-0.25, -0.2) is 0 Å². The molecule has 6 heteroatoms. The standard InChI is InChI=1S/C15H21N3O3/c1-15(2)7-3-4-11(9-15)17-14(19)10-5-6-12(16)13(8-10)18(20)21/h5-6,8,11H,3-4,7,9,16H2,1-2H3,(H,17,19). The maximum Gasteiger partial charge on any atom is 0.292 e. The zero-order valence-corrected chi connectivity index (χ0v) is 12.4. The van der Waals surface area contributed by atoms with Gasteiger partial charge in [-0.15, -0.1) is 0 Å². The van der Waals surface area contributed by atoms with Crippen molar-refractivity contribution in [3.63, 3.8) is 0 Å². The van der Waals surface area contributed by atoms with Crippen LogP contribution in [0, 0.1) is 15.5 Å². The average Bonchev–Trinajstić information content (AvgIpc) is 2.37. The molecule has 0 aromatic heterocycles. The minimum atomic E-state index is -0.574. The molecule has 1 unspecified atom stereocenters. The highest BCUT2D eigenvalue weighted by Gasteiger charge is 2.29. The van der Waals surface area contributed by atoms with Gasteiger partial charge in [0.1, 0.15) is 5.69 Å². The molecule has 1 atom stereocenters. The van der Waals surface area contributed by atoms with Crippen LogP contribution in [0.5, 0.6) is 0 Å². The number of carbonyl (C=O) groups excluding carboxylic acids is 1. The first-order valence-corrected chi connectivity index (χ1v) is 7.13. The van der Waals surface area contributed by atoms with Crippen molar-refractivity contribution in [3.05, 3.63) is 33.9 Å². The van der Waals surface area contributed by atoms with Crippen LogP contribution in [-0.4, -0.2) is 16.9 Å². The zero-order chi connectivity index (χ0) is 15.6. The summed E-state index contributed by atoms with van der Waals surface area (Å²) in [6.07, 6.45) is 4.12. The SMILES string of the molecule is CC1(C)CCCC(NC(=O)c2ccc(N)c([N+](=O)[O-])c2)C1. The van der Waals surface area contributed by atoms with Gasteiger partial charge in [0.2, 0.25) is 0 Å². The molecular weight excluding hydrogens is 270 g/mol. The van der Waals surface area contributed by atoms with E-state index < -0.39 is 4.92 Å². The molecule has 6 nitrogen and oxygen atoms in total. The minimum Gasteiger partial charge on any atom is -0.393 e. The summed E-state index contributed by atoms with van der Waals surface area (Å²) in [5.41, 5.74) is 5.87. The number of amides is 1. The van der Waals surface area contributed by atoms with Gasteiger partial charge in [0.25, 0.3) is 11.6 Å². The number of nitrogens with two attached hydrogens (primary N) is 1. The van der Waals surface area contributed by atoms with Crippen LogP contribution in [0.15, 0.2) is 18.2 Å². The summed E-state index contributed by atoms with van der Waals surface area (Å²) >= 11 is 0. The van der Waals surface area contributed by atoms with Crippen molar-refractivity contribution in [1.29, 1.82) is 0 Å². The van der Waals surface area contributed by atoms with Gasteiger partial charge in [-0.05, 0) is 36.8 Å². The normalized spacial score (nSPS) is 20.8. The molecule has 0 bridgehead atoms. The van der Waals surface area contributed by atoms with Crippen molar-refractivity contribution in [1.82, 2.24) is 5.32 Å². The van der Waals surface area contributed by atoms with Crippen molar-refractivity contribution < 1.29 is 9.72 Å². The smallest absolute Gasteiger partial charge is 0.292 e. The van der Waals surface area contributed by atoms with Crippen LogP contribution in [0.25, 0.3) is 0 Å². The van der Waals surface area contributed by atoms with E-state index in [-0.39, 0.29) is 34.3 Å². The molecule has 0 saturated heterocycles. The lowest BCUT2D eigenvalue weighted by molar-refractivity contribution is -0.383. The third kappa shape index (κ3) is 3.71. The number of nitro benzene ring substituents is 1. The highest BCUT2D eigenvalue weighted by molar-refractivity contribution is 5.95. The highest BCUT2D eigenvalue weighted by atomic mass is 16.6. The Morgan fingerprint density at radius 2 is 2.19 bits per heavy atom. The van der Waals surface area contributed by atoms with E-state index in [2.05, 4.69) is 19.2 Å². The fraction of sp³-hybridized carbons (Fsp3) is 0.533. The number of nitrogens with zero attached hydrogens (tertiary/aromatic N) is 1. The van der Waals surface area contributed by atoms with E-state index in [1.54, 1.807) is 0 Å². The monoisotopic (exact) mass is 291 g/mol. The van der Waals surface area contributed by atoms with Crippen LogP contribution >= 0.6 is 0 Å². The molecule has 1 aliphatic rings. The van der Waals surface area contributed by atoms with Crippen LogP contribution < -0.4 is 11.1 Å². The minimum absolute atomic E-state index is 0.0651. The summed E-state index contributed by atoms with van der Waals surface area (Å²) < 4.78 is 0. The molecule has 0 spiro atoms. The van der Waals surface area contributed by atoms with Gasteiger partial charge in [0.05, 0.1) is 4.92 Å².